The summed E-state index contributed by atoms with van der Waals surface area (Å²) >= 11 is 0. The molecular weight excluding hydrogens is 658 g/mol. The zero-order valence-electron chi connectivity index (χ0n) is 33.2. The van der Waals surface area contributed by atoms with Crippen molar-refractivity contribution in [3.05, 3.63) is 0 Å². The van der Waals surface area contributed by atoms with E-state index in [0.717, 1.165) is 13.0 Å². The summed E-state index contributed by atoms with van der Waals surface area (Å²) in [6.45, 7) is 15.7. The Bertz CT molecular complexity index is 1150. The molecule has 0 aromatic heterocycles. The van der Waals surface area contributed by atoms with Crippen molar-refractivity contribution in [3.8, 4) is 12.3 Å². The van der Waals surface area contributed by atoms with Gasteiger partial charge in [0, 0.05) is 50.4 Å². The molecule has 14 atom stereocenters. The zero-order chi connectivity index (χ0) is 38.8. The lowest BCUT2D eigenvalue weighted by Gasteiger charge is -2.48. The van der Waals surface area contributed by atoms with Crippen molar-refractivity contribution in [2.24, 2.45) is 28.8 Å². The number of oxime groups is 1. The second kappa shape index (κ2) is 20.0. The lowest BCUT2D eigenvalue weighted by atomic mass is 9.73. The van der Waals surface area contributed by atoms with Gasteiger partial charge in [0.25, 0.3) is 0 Å². The van der Waals surface area contributed by atoms with Crippen LogP contribution in [0.4, 0.5) is 0 Å². The van der Waals surface area contributed by atoms with Gasteiger partial charge in [-0.05, 0) is 74.5 Å². The number of nitrogens with zero attached hydrogens (tertiary/aromatic N) is 3. The topological polar surface area (TPSA) is 163 Å². The van der Waals surface area contributed by atoms with Crippen LogP contribution in [0.3, 0.4) is 0 Å². The third kappa shape index (κ3) is 11.6. The fourth-order valence-corrected chi connectivity index (χ4v) is 7.67. The van der Waals surface area contributed by atoms with Crippen LogP contribution in [0.25, 0.3) is 0 Å². The van der Waals surface area contributed by atoms with E-state index in [9.17, 15) is 25.2 Å². The van der Waals surface area contributed by atoms with E-state index in [1.807, 2.05) is 51.7 Å². The number of likely N-dealkylation sites (N-methyl/N-ethyl adjacent to an activating group) is 1. The van der Waals surface area contributed by atoms with Gasteiger partial charge < -0.3 is 49.1 Å². The largest absolute Gasteiger partial charge is 0.459 e. The first-order valence-electron chi connectivity index (χ1n) is 18.6. The van der Waals surface area contributed by atoms with Crippen molar-refractivity contribution in [2.75, 3.05) is 47.9 Å². The van der Waals surface area contributed by atoms with E-state index in [2.05, 4.69) is 11.1 Å². The van der Waals surface area contributed by atoms with Gasteiger partial charge in [-0.3, -0.25) is 9.69 Å². The first-order valence-corrected chi connectivity index (χ1v) is 18.6. The molecule has 4 N–H and O–H groups in total. The smallest absolute Gasteiger partial charge is 0.311 e. The summed E-state index contributed by atoms with van der Waals surface area (Å²) in [6.07, 6.45) is 0.687. The van der Waals surface area contributed by atoms with Crippen LogP contribution in [-0.2, 0) is 28.6 Å². The predicted octanol–water partition coefficient (Wildman–Crippen LogP) is 2.66. The summed E-state index contributed by atoms with van der Waals surface area (Å²) in [5.74, 6) is -1.01. The fourth-order valence-electron chi connectivity index (χ4n) is 7.67. The molecule has 0 saturated carbocycles. The number of esters is 1. The standard InChI is InChI=1S/C38H69N3O10/c1-14-16-19-41(12)28-21-24(4)49-36(32(28)43)51-34-26(6)31(42)27(7)35(45)50-29(15-2)38(9,46)33(44)25(5)30(23(3)22-37(34,8)47-13)39-48-20-17-18-40(10)11/h1,23-29,31-34,36,42-44,46H,15-22H2,2-13H3/t23-,24-,25+,26+,27-,28+,29-,31+,32-,33-,34-,36+,37-,38-/m1/s1. The minimum absolute atomic E-state index is 0.212. The number of rotatable bonds is 12. The first-order chi connectivity index (χ1) is 23.8. The molecule has 2 rings (SSSR count). The van der Waals surface area contributed by atoms with Gasteiger partial charge in [0.2, 0.25) is 0 Å². The highest BCUT2D eigenvalue weighted by molar-refractivity contribution is 5.88. The van der Waals surface area contributed by atoms with Crippen molar-refractivity contribution >= 4 is 11.7 Å². The number of hydrogen-bond acceptors (Lipinski definition) is 13. The molecule has 2 aliphatic rings. The van der Waals surface area contributed by atoms with E-state index in [1.165, 1.54) is 6.92 Å². The van der Waals surface area contributed by atoms with Gasteiger partial charge in [0.1, 0.15) is 24.4 Å². The summed E-state index contributed by atoms with van der Waals surface area (Å²) < 4.78 is 25.0. The third-order valence-electron chi connectivity index (χ3n) is 11.1. The Hall–Kier alpha value is -1.86. The quantitative estimate of drug-likeness (QED) is 0.101. The van der Waals surface area contributed by atoms with Gasteiger partial charge in [0.05, 0.1) is 41.6 Å². The molecule has 0 radical (unpaired) electrons. The molecule has 0 unspecified atom stereocenters. The minimum atomic E-state index is -1.86. The second-order valence-electron chi connectivity index (χ2n) is 15.7. The molecule has 13 nitrogen and oxygen atoms in total. The number of methoxy groups -OCH3 is 1. The molecule has 51 heavy (non-hydrogen) atoms. The highest BCUT2D eigenvalue weighted by atomic mass is 16.7. The molecular formula is C38H69N3O10. The highest BCUT2D eigenvalue weighted by Gasteiger charge is 2.51. The number of carbonyl (C=O) groups excluding carboxylic acids is 1. The predicted molar refractivity (Wildman–Crippen MR) is 196 cm³/mol. The molecule has 296 valence electrons. The molecule has 2 heterocycles. The number of ether oxygens (including phenoxy) is 4. The molecule has 0 aromatic carbocycles. The summed E-state index contributed by atoms with van der Waals surface area (Å²) in [5.41, 5.74) is -2.54. The Balaban J connectivity index is 2.68. The lowest BCUT2D eigenvalue weighted by Crippen LogP contribution is -2.60. The maximum Gasteiger partial charge on any atom is 0.311 e. The van der Waals surface area contributed by atoms with Gasteiger partial charge in [-0.15, -0.1) is 12.3 Å². The van der Waals surface area contributed by atoms with Gasteiger partial charge in [0.15, 0.2) is 6.29 Å². The highest BCUT2D eigenvalue weighted by Crippen LogP contribution is 2.39. The third-order valence-corrected chi connectivity index (χ3v) is 11.1. The Morgan fingerprint density at radius 1 is 1.04 bits per heavy atom. The van der Waals surface area contributed by atoms with E-state index in [1.54, 1.807) is 34.8 Å². The normalized spacial score (nSPS) is 41.3. The average molecular weight is 728 g/mol. The number of terminal acetylenes is 1. The van der Waals surface area contributed by atoms with Gasteiger partial charge in [-0.1, -0.05) is 32.9 Å². The molecule has 0 aliphatic carbocycles. The van der Waals surface area contributed by atoms with E-state index < -0.39 is 77.7 Å². The fraction of sp³-hybridized carbons (Fsp3) is 0.895. The van der Waals surface area contributed by atoms with Crippen LogP contribution in [0.5, 0.6) is 0 Å². The van der Waals surface area contributed by atoms with Crippen molar-refractivity contribution in [3.63, 3.8) is 0 Å². The van der Waals surface area contributed by atoms with Gasteiger partial charge in [-0.25, -0.2) is 0 Å². The molecule has 2 saturated heterocycles. The molecule has 0 bridgehead atoms. The monoisotopic (exact) mass is 727 g/mol. The van der Waals surface area contributed by atoms with Crippen molar-refractivity contribution < 1.29 is 49.0 Å². The number of aliphatic hydroxyl groups is 4. The molecule has 0 amide bonds. The second-order valence-corrected chi connectivity index (χ2v) is 15.7. The van der Waals surface area contributed by atoms with Crippen LogP contribution >= 0.6 is 0 Å². The van der Waals surface area contributed by atoms with Crippen LogP contribution in [0.15, 0.2) is 5.16 Å². The van der Waals surface area contributed by atoms with E-state index in [0.29, 0.717) is 31.7 Å². The van der Waals surface area contributed by atoms with Crippen LogP contribution in [0.2, 0.25) is 0 Å². The number of aliphatic hydroxyl groups excluding tert-OH is 3. The van der Waals surface area contributed by atoms with E-state index in [-0.39, 0.29) is 25.0 Å². The Labute approximate surface area is 307 Å². The molecule has 2 fully saturated rings. The van der Waals surface area contributed by atoms with Crippen LogP contribution in [0.1, 0.15) is 87.5 Å². The summed E-state index contributed by atoms with van der Waals surface area (Å²) in [5, 5.41) is 51.4. The Morgan fingerprint density at radius 3 is 2.25 bits per heavy atom. The van der Waals surface area contributed by atoms with Crippen molar-refractivity contribution in [2.45, 2.75) is 148 Å². The van der Waals surface area contributed by atoms with Gasteiger partial charge >= 0.3 is 5.97 Å². The number of hydrogen-bond donors (Lipinski definition) is 4. The Morgan fingerprint density at radius 2 is 1.69 bits per heavy atom. The first kappa shape index (κ1) is 45.3. The minimum Gasteiger partial charge on any atom is -0.459 e. The zero-order valence-corrected chi connectivity index (χ0v) is 33.2. The van der Waals surface area contributed by atoms with Crippen molar-refractivity contribution in [1.29, 1.82) is 0 Å². The van der Waals surface area contributed by atoms with Crippen LogP contribution < -0.4 is 0 Å². The number of cyclic esters (lactones) is 1. The SMILES string of the molecule is C#CCCN(C)[C@H]1C[C@@H](C)O[C@@H](O[C@@H]2[C@@H](C)[C@H](O)[C@@H](C)C(=O)O[C@H](CC)[C@@](C)(O)[C@H](O)[C@@H](C)C(=NOCCCN(C)C)[C@H](C)C[C@@]2(C)OC)[C@@H]1O. The van der Waals surface area contributed by atoms with Crippen molar-refractivity contribution in [1.82, 2.24) is 9.80 Å². The maximum absolute atomic E-state index is 13.6. The maximum atomic E-state index is 13.6. The molecule has 13 heteroatoms. The summed E-state index contributed by atoms with van der Waals surface area (Å²) in [6, 6.07) is -0.308. The van der Waals surface area contributed by atoms with Crippen LogP contribution in [0, 0.1) is 36.0 Å². The van der Waals surface area contributed by atoms with Gasteiger partial charge in [-0.2, -0.15) is 0 Å². The number of carbonyl (C=O) groups is 1. The van der Waals surface area contributed by atoms with Crippen LogP contribution in [-0.4, -0.2) is 150 Å². The molecule has 2 aliphatic heterocycles. The molecule has 0 aromatic rings. The van der Waals surface area contributed by atoms with E-state index >= 15 is 0 Å². The Kier molecular flexibility index (Phi) is 17.8. The molecule has 0 spiro atoms. The van der Waals surface area contributed by atoms with E-state index in [4.69, 9.17) is 30.2 Å². The summed E-state index contributed by atoms with van der Waals surface area (Å²) in [4.78, 5) is 23.5. The average Bonchev–Trinajstić information content (AvgIpc) is 3.08. The summed E-state index contributed by atoms with van der Waals surface area (Å²) in [7, 11) is 7.40. The lowest BCUT2D eigenvalue weighted by molar-refractivity contribution is -0.301.